The number of thioether (sulfide) groups is 1. The van der Waals surface area contributed by atoms with E-state index in [1.54, 1.807) is 6.07 Å². The smallest absolute Gasteiger partial charge is 0.236 e. The number of aromatic nitrogens is 4. The first-order valence-electron chi connectivity index (χ1n) is 7.90. The van der Waals surface area contributed by atoms with E-state index in [2.05, 4.69) is 32.6 Å². The Morgan fingerprint density at radius 3 is 2.68 bits per heavy atom. The highest BCUT2D eigenvalue weighted by molar-refractivity contribution is 7.99. The van der Waals surface area contributed by atoms with Crippen molar-refractivity contribution >= 4 is 23.5 Å². The van der Waals surface area contributed by atoms with Crippen LogP contribution in [0.5, 0.6) is 0 Å². The predicted molar refractivity (Wildman–Crippen MR) is 98.6 cm³/mol. The molecule has 2 heterocycles. The molecule has 0 aliphatic carbocycles. The zero-order chi connectivity index (χ0) is 17.6. The molecule has 1 amide bonds. The number of hydrogen-bond donors (Lipinski definition) is 1. The van der Waals surface area contributed by atoms with E-state index < -0.39 is 0 Å². The van der Waals surface area contributed by atoms with Gasteiger partial charge >= 0.3 is 0 Å². The van der Waals surface area contributed by atoms with Gasteiger partial charge in [-0.25, -0.2) is 4.98 Å². The van der Waals surface area contributed by atoms with Crippen LogP contribution in [-0.4, -0.2) is 31.4 Å². The van der Waals surface area contributed by atoms with Gasteiger partial charge in [-0.2, -0.15) is 0 Å². The molecule has 0 bridgehead atoms. The van der Waals surface area contributed by atoms with E-state index >= 15 is 0 Å². The van der Waals surface area contributed by atoms with Crippen molar-refractivity contribution in [2.45, 2.75) is 18.5 Å². The van der Waals surface area contributed by atoms with Crippen LogP contribution in [0.2, 0.25) is 0 Å². The summed E-state index contributed by atoms with van der Waals surface area (Å²) in [5.74, 6) is 1.57. The normalized spacial score (nSPS) is 10.6. The molecular formula is C18H19N5OS. The molecule has 0 spiro atoms. The maximum Gasteiger partial charge on any atom is 0.236 e. The van der Waals surface area contributed by atoms with Gasteiger partial charge in [-0.15, -0.1) is 10.2 Å². The van der Waals surface area contributed by atoms with Gasteiger partial charge in [0.25, 0.3) is 0 Å². The third-order valence-corrected chi connectivity index (χ3v) is 4.64. The summed E-state index contributed by atoms with van der Waals surface area (Å²) in [5, 5.41) is 11.9. The molecule has 1 aromatic carbocycles. The van der Waals surface area contributed by atoms with Crippen LogP contribution in [0.15, 0.2) is 53.7 Å². The van der Waals surface area contributed by atoms with Crippen molar-refractivity contribution in [3.63, 3.8) is 0 Å². The van der Waals surface area contributed by atoms with Crippen LogP contribution in [-0.2, 0) is 18.3 Å². The van der Waals surface area contributed by atoms with Crippen LogP contribution in [0.4, 0.5) is 5.82 Å². The van der Waals surface area contributed by atoms with Crippen LogP contribution in [0.3, 0.4) is 0 Å². The number of pyridine rings is 1. The van der Waals surface area contributed by atoms with E-state index in [1.807, 2.05) is 48.9 Å². The van der Waals surface area contributed by atoms with Crippen molar-refractivity contribution in [3.8, 4) is 0 Å². The molecule has 0 radical (unpaired) electrons. The molecule has 128 valence electrons. The molecule has 0 saturated carbocycles. The molecule has 7 heteroatoms. The first-order valence-corrected chi connectivity index (χ1v) is 8.89. The quantitative estimate of drug-likeness (QED) is 0.690. The standard InChI is InChI=1S/C18H19N5OS/c1-13-7-6-10-15(19-13)20-17(24)12-25-18-22-21-16(23(18)2)11-14-8-4-3-5-9-14/h3-10H,11-12H2,1-2H3,(H,19,20,24). The van der Waals surface area contributed by atoms with Gasteiger partial charge in [-0.05, 0) is 24.6 Å². The van der Waals surface area contributed by atoms with Crippen molar-refractivity contribution in [1.29, 1.82) is 0 Å². The molecule has 2 aromatic heterocycles. The molecule has 0 saturated heterocycles. The van der Waals surface area contributed by atoms with Crippen molar-refractivity contribution in [1.82, 2.24) is 19.7 Å². The van der Waals surface area contributed by atoms with E-state index in [4.69, 9.17) is 0 Å². The lowest BCUT2D eigenvalue weighted by molar-refractivity contribution is -0.113. The molecule has 3 rings (SSSR count). The molecular weight excluding hydrogens is 334 g/mol. The van der Waals surface area contributed by atoms with Crippen LogP contribution < -0.4 is 5.32 Å². The van der Waals surface area contributed by atoms with Crippen molar-refractivity contribution in [2.75, 3.05) is 11.1 Å². The number of amides is 1. The third-order valence-electron chi connectivity index (χ3n) is 3.62. The zero-order valence-corrected chi connectivity index (χ0v) is 15.0. The number of nitrogens with zero attached hydrogens (tertiary/aromatic N) is 4. The second-order valence-electron chi connectivity index (χ2n) is 5.62. The van der Waals surface area contributed by atoms with Gasteiger partial charge in [0.05, 0.1) is 5.75 Å². The number of carbonyl (C=O) groups excluding carboxylic acids is 1. The summed E-state index contributed by atoms with van der Waals surface area (Å²) in [5.41, 5.74) is 2.04. The number of anilines is 1. The molecule has 0 aliphatic rings. The highest BCUT2D eigenvalue weighted by atomic mass is 32.2. The number of hydrogen-bond acceptors (Lipinski definition) is 5. The lowest BCUT2D eigenvalue weighted by Crippen LogP contribution is -2.15. The maximum atomic E-state index is 12.1. The van der Waals surface area contributed by atoms with E-state index in [1.165, 1.54) is 17.3 Å². The number of rotatable bonds is 6. The van der Waals surface area contributed by atoms with Gasteiger partial charge in [0.15, 0.2) is 5.16 Å². The van der Waals surface area contributed by atoms with Gasteiger partial charge in [-0.1, -0.05) is 48.2 Å². The minimum absolute atomic E-state index is 0.115. The average Bonchev–Trinajstić information content (AvgIpc) is 2.94. The van der Waals surface area contributed by atoms with E-state index in [0.717, 1.165) is 16.7 Å². The Labute approximate surface area is 150 Å². The highest BCUT2D eigenvalue weighted by Crippen LogP contribution is 2.17. The lowest BCUT2D eigenvalue weighted by atomic mass is 10.1. The SMILES string of the molecule is Cc1cccc(NC(=O)CSc2nnc(Cc3ccccc3)n2C)n1. The second-order valence-corrected chi connectivity index (χ2v) is 6.56. The van der Waals surface area contributed by atoms with Gasteiger partial charge in [0.1, 0.15) is 11.6 Å². The number of benzene rings is 1. The van der Waals surface area contributed by atoms with Crippen LogP contribution >= 0.6 is 11.8 Å². The molecule has 0 atom stereocenters. The van der Waals surface area contributed by atoms with Gasteiger partial charge < -0.3 is 9.88 Å². The average molecular weight is 353 g/mol. The summed E-state index contributed by atoms with van der Waals surface area (Å²) < 4.78 is 1.93. The maximum absolute atomic E-state index is 12.1. The first-order chi connectivity index (χ1) is 12.1. The van der Waals surface area contributed by atoms with Crippen LogP contribution in [0, 0.1) is 6.92 Å². The second kappa shape index (κ2) is 7.94. The fraction of sp³-hybridized carbons (Fsp3) is 0.222. The summed E-state index contributed by atoms with van der Waals surface area (Å²) >= 11 is 1.36. The summed E-state index contributed by atoms with van der Waals surface area (Å²) in [6.07, 6.45) is 0.713. The van der Waals surface area contributed by atoms with E-state index in [-0.39, 0.29) is 11.7 Å². The lowest BCUT2D eigenvalue weighted by Gasteiger charge is -2.06. The van der Waals surface area contributed by atoms with E-state index in [9.17, 15) is 4.79 Å². The Morgan fingerprint density at radius 1 is 1.12 bits per heavy atom. The molecule has 25 heavy (non-hydrogen) atoms. The Kier molecular flexibility index (Phi) is 5.45. The molecule has 3 aromatic rings. The summed E-state index contributed by atoms with van der Waals surface area (Å²) in [4.78, 5) is 16.3. The summed E-state index contributed by atoms with van der Waals surface area (Å²) in [6, 6.07) is 15.6. The monoisotopic (exact) mass is 353 g/mol. The fourth-order valence-electron chi connectivity index (χ4n) is 2.32. The van der Waals surface area contributed by atoms with Crippen molar-refractivity contribution in [3.05, 3.63) is 65.6 Å². The van der Waals surface area contributed by atoms with Gasteiger partial charge in [-0.3, -0.25) is 4.79 Å². The topological polar surface area (TPSA) is 72.7 Å². The number of carbonyl (C=O) groups is 1. The fourth-order valence-corrected chi connectivity index (χ4v) is 3.05. The Bertz CT molecular complexity index is 863. The number of nitrogens with one attached hydrogen (secondary N) is 1. The van der Waals surface area contributed by atoms with Gasteiger partial charge in [0, 0.05) is 19.2 Å². The molecule has 0 unspecified atom stereocenters. The Morgan fingerprint density at radius 2 is 1.92 bits per heavy atom. The summed E-state index contributed by atoms with van der Waals surface area (Å²) in [6.45, 7) is 1.89. The van der Waals surface area contributed by atoms with Crippen LogP contribution in [0.25, 0.3) is 0 Å². The minimum Gasteiger partial charge on any atom is -0.310 e. The first kappa shape index (κ1) is 17.2. The summed E-state index contributed by atoms with van der Waals surface area (Å²) in [7, 11) is 1.92. The third kappa shape index (κ3) is 4.67. The Hall–Kier alpha value is -2.67. The molecule has 6 nitrogen and oxygen atoms in total. The largest absolute Gasteiger partial charge is 0.310 e. The minimum atomic E-state index is -0.115. The highest BCUT2D eigenvalue weighted by Gasteiger charge is 2.12. The Balaban J connectivity index is 1.57. The van der Waals surface area contributed by atoms with Crippen molar-refractivity contribution in [2.24, 2.45) is 7.05 Å². The van der Waals surface area contributed by atoms with Crippen LogP contribution in [0.1, 0.15) is 17.1 Å². The zero-order valence-electron chi connectivity index (χ0n) is 14.1. The predicted octanol–water partition coefficient (Wildman–Crippen LogP) is 2.84. The van der Waals surface area contributed by atoms with E-state index in [0.29, 0.717) is 12.2 Å². The molecule has 1 N–H and O–H groups in total. The molecule has 0 aliphatic heterocycles. The van der Waals surface area contributed by atoms with Crippen molar-refractivity contribution < 1.29 is 4.79 Å². The van der Waals surface area contributed by atoms with Gasteiger partial charge in [0.2, 0.25) is 5.91 Å². The molecule has 0 fully saturated rings. The number of aryl methyl sites for hydroxylation is 1.